The van der Waals surface area contributed by atoms with Gasteiger partial charge in [-0.15, -0.1) is 10.2 Å². The second-order valence-corrected chi connectivity index (χ2v) is 9.00. The first-order valence-corrected chi connectivity index (χ1v) is 11.5. The molecular weight excluding hydrogens is 408 g/mol. The molecule has 0 N–H and O–H groups in total. The van der Waals surface area contributed by atoms with Crippen molar-refractivity contribution >= 4 is 17.5 Å². The molecule has 0 aliphatic rings. The molecule has 3 rings (SSSR count). The molecule has 7 heteroatoms. The van der Waals surface area contributed by atoms with Crippen LogP contribution >= 0.6 is 11.8 Å². The molecule has 2 aromatic heterocycles. The molecule has 0 unspecified atom stereocenters. The van der Waals surface area contributed by atoms with E-state index in [4.69, 9.17) is 4.74 Å². The van der Waals surface area contributed by atoms with E-state index in [2.05, 4.69) is 55.0 Å². The van der Waals surface area contributed by atoms with Crippen LogP contribution in [0.4, 0.5) is 0 Å². The van der Waals surface area contributed by atoms with Crippen LogP contribution in [0.2, 0.25) is 0 Å². The minimum atomic E-state index is 0.107. The van der Waals surface area contributed by atoms with Crippen molar-refractivity contribution in [3.8, 4) is 11.4 Å². The maximum absolute atomic E-state index is 13.1. The first-order chi connectivity index (χ1) is 14.9. The third-order valence-electron chi connectivity index (χ3n) is 5.17. The third kappa shape index (κ3) is 5.60. The van der Waals surface area contributed by atoms with Gasteiger partial charge >= 0.3 is 0 Å². The highest BCUT2D eigenvalue weighted by Crippen LogP contribution is 2.28. The summed E-state index contributed by atoms with van der Waals surface area (Å²) in [6.45, 7) is 9.75. The van der Waals surface area contributed by atoms with E-state index in [-0.39, 0.29) is 11.7 Å². The Morgan fingerprint density at radius 3 is 2.45 bits per heavy atom. The topological polar surface area (TPSA) is 69.9 Å². The van der Waals surface area contributed by atoms with Gasteiger partial charge in [-0.3, -0.25) is 14.3 Å². The maximum Gasteiger partial charge on any atom is 0.192 e. The van der Waals surface area contributed by atoms with E-state index in [1.165, 1.54) is 17.3 Å². The monoisotopic (exact) mass is 438 g/mol. The molecule has 0 radical (unpaired) electrons. The van der Waals surface area contributed by atoms with E-state index in [1.54, 1.807) is 19.5 Å². The Morgan fingerprint density at radius 2 is 1.81 bits per heavy atom. The van der Waals surface area contributed by atoms with Crippen molar-refractivity contribution in [2.24, 2.45) is 0 Å². The molecule has 0 fully saturated rings. The van der Waals surface area contributed by atoms with Crippen LogP contribution in [0.5, 0.6) is 0 Å². The van der Waals surface area contributed by atoms with Crippen LogP contribution in [0.15, 0.2) is 47.9 Å². The van der Waals surface area contributed by atoms with Gasteiger partial charge in [-0.2, -0.15) is 0 Å². The summed E-state index contributed by atoms with van der Waals surface area (Å²) in [6.07, 6.45) is 3.46. The first-order valence-electron chi connectivity index (χ1n) is 10.5. The number of ketones is 1. The number of carbonyl (C=O) groups excluding carboxylic acids is 1. The number of benzene rings is 1. The lowest BCUT2D eigenvalue weighted by atomic mass is 9.90. The SMILES string of the molecule is COCCn1c(SCC(=O)c2ccc(C(C)C)cc2C(C)C)nnc1-c1ccncc1. The van der Waals surface area contributed by atoms with Gasteiger partial charge in [0, 0.05) is 30.6 Å². The van der Waals surface area contributed by atoms with E-state index < -0.39 is 0 Å². The van der Waals surface area contributed by atoms with Crippen LogP contribution in [0.1, 0.15) is 61.0 Å². The van der Waals surface area contributed by atoms with Crippen LogP contribution in [0.3, 0.4) is 0 Å². The third-order valence-corrected chi connectivity index (χ3v) is 6.14. The van der Waals surface area contributed by atoms with E-state index in [0.717, 1.165) is 22.5 Å². The van der Waals surface area contributed by atoms with Crippen molar-refractivity contribution in [3.05, 3.63) is 59.4 Å². The van der Waals surface area contributed by atoms with Crippen LogP contribution in [-0.2, 0) is 11.3 Å². The minimum absolute atomic E-state index is 0.107. The Labute approximate surface area is 188 Å². The fourth-order valence-corrected chi connectivity index (χ4v) is 4.22. The number of hydrogen-bond donors (Lipinski definition) is 0. The molecule has 6 nitrogen and oxygen atoms in total. The number of nitrogens with zero attached hydrogens (tertiary/aromatic N) is 4. The molecule has 0 aliphatic heterocycles. The van der Waals surface area contributed by atoms with Crippen molar-refractivity contribution in [2.75, 3.05) is 19.5 Å². The zero-order valence-corrected chi connectivity index (χ0v) is 19.6. The molecule has 3 aromatic rings. The summed E-state index contributed by atoms with van der Waals surface area (Å²) < 4.78 is 7.27. The number of hydrogen-bond acceptors (Lipinski definition) is 6. The van der Waals surface area contributed by atoms with E-state index in [0.29, 0.717) is 30.0 Å². The summed E-state index contributed by atoms with van der Waals surface area (Å²) in [5.41, 5.74) is 4.09. The van der Waals surface area contributed by atoms with Crippen LogP contribution in [0.25, 0.3) is 11.4 Å². The number of ether oxygens (including phenoxy) is 1. The summed E-state index contributed by atoms with van der Waals surface area (Å²) >= 11 is 1.42. The fourth-order valence-electron chi connectivity index (χ4n) is 3.37. The van der Waals surface area contributed by atoms with Gasteiger partial charge in [0.2, 0.25) is 0 Å². The van der Waals surface area contributed by atoms with Gasteiger partial charge in [0.25, 0.3) is 0 Å². The zero-order valence-electron chi connectivity index (χ0n) is 18.8. The van der Waals surface area contributed by atoms with Crippen molar-refractivity contribution in [3.63, 3.8) is 0 Å². The molecule has 0 atom stereocenters. The predicted octanol–water partition coefficient (Wildman–Crippen LogP) is 5.21. The zero-order chi connectivity index (χ0) is 22.4. The van der Waals surface area contributed by atoms with Gasteiger partial charge in [0.05, 0.1) is 18.9 Å². The summed E-state index contributed by atoms with van der Waals surface area (Å²) in [7, 11) is 1.67. The second kappa shape index (κ2) is 10.7. The second-order valence-electron chi connectivity index (χ2n) is 8.05. The fraction of sp³-hybridized carbons (Fsp3) is 0.417. The standard InChI is InChI=1S/C24H30N4O2S/c1-16(2)19-6-7-20(21(14-19)17(3)4)22(29)15-31-24-27-26-23(28(24)12-13-30-5)18-8-10-25-11-9-18/h6-11,14,16-17H,12-13,15H2,1-5H3. The number of rotatable bonds is 10. The van der Waals surface area contributed by atoms with Crippen molar-refractivity contribution in [1.29, 1.82) is 0 Å². The van der Waals surface area contributed by atoms with Gasteiger partial charge in [0.1, 0.15) is 0 Å². The Kier molecular flexibility index (Phi) is 7.98. The highest BCUT2D eigenvalue weighted by atomic mass is 32.2. The molecular formula is C24H30N4O2S. The Morgan fingerprint density at radius 1 is 1.06 bits per heavy atom. The molecule has 164 valence electrons. The molecule has 0 spiro atoms. The van der Waals surface area contributed by atoms with Crippen molar-refractivity contribution < 1.29 is 9.53 Å². The van der Waals surface area contributed by atoms with Crippen LogP contribution in [-0.4, -0.2) is 45.0 Å². The maximum atomic E-state index is 13.1. The number of pyridine rings is 1. The predicted molar refractivity (Wildman–Crippen MR) is 125 cm³/mol. The van der Waals surface area contributed by atoms with Gasteiger partial charge < -0.3 is 4.74 Å². The lowest BCUT2D eigenvalue weighted by Gasteiger charge is -2.16. The lowest BCUT2D eigenvalue weighted by molar-refractivity contribution is 0.102. The molecule has 0 bridgehead atoms. The largest absolute Gasteiger partial charge is 0.383 e. The number of Topliss-reactive ketones (excluding diaryl/α,β-unsaturated/α-hetero) is 1. The first kappa shape index (κ1) is 23.2. The lowest BCUT2D eigenvalue weighted by Crippen LogP contribution is -2.11. The number of methoxy groups -OCH3 is 1. The average molecular weight is 439 g/mol. The van der Waals surface area contributed by atoms with E-state index in [9.17, 15) is 4.79 Å². The smallest absolute Gasteiger partial charge is 0.192 e. The summed E-state index contributed by atoms with van der Waals surface area (Å²) in [5.74, 6) is 1.88. The Bertz CT molecular complexity index is 1020. The summed E-state index contributed by atoms with van der Waals surface area (Å²) in [4.78, 5) is 17.2. The van der Waals surface area contributed by atoms with Crippen LogP contribution < -0.4 is 0 Å². The number of carbonyl (C=O) groups is 1. The molecule has 1 aromatic carbocycles. The van der Waals surface area contributed by atoms with E-state index >= 15 is 0 Å². The van der Waals surface area contributed by atoms with E-state index in [1.807, 2.05) is 22.8 Å². The molecule has 0 saturated heterocycles. The summed E-state index contributed by atoms with van der Waals surface area (Å²) in [5, 5.41) is 9.43. The van der Waals surface area contributed by atoms with Gasteiger partial charge in [-0.1, -0.05) is 57.7 Å². The quantitative estimate of drug-likeness (QED) is 0.320. The Balaban J connectivity index is 1.82. The van der Waals surface area contributed by atoms with Crippen LogP contribution in [0, 0.1) is 0 Å². The Hall–Kier alpha value is -2.51. The molecule has 0 aliphatic carbocycles. The number of thioether (sulfide) groups is 1. The van der Waals surface area contributed by atoms with Gasteiger partial charge in [-0.25, -0.2) is 0 Å². The molecule has 0 amide bonds. The summed E-state index contributed by atoms with van der Waals surface area (Å²) in [6, 6.07) is 10.0. The van der Waals surface area contributed by atoms with Gasteiger partial charge in [-0.05, 0) is 35.1 Å². The molecule has 31 heavy (non-hydrogen) atoms. The number of aromatic nitrogens is 4. The van der Waals surface area contributed by atoms with Crippen molar-refractivity contribution in [2.45, 2.75) is 51.2 Å². The minimum Gasteiger partial charge on any atom is -0.383 e. The highest BCUT2D eigenvalue weighted by molar-refractivity contribution is 7.99. The average Bonchev–Trinajstić information content (AvgIpc) is 3.18. The normalized spacial score (nSPS) is 11.5. The van der Waals surface area contributed by atoms with Gasteiger partial charge in [0.15, 0.2) is 16.8 Å². The van der Waals surface area contributed by atoms with Crippen molar-refractivity contribution in [1.82, 2.24) is 19.7 Å². The highest BCUT2D eigenvalue weighted by Gasteiger charge is 2.19. The molecule has 0 saturated carbocycles. The molecule has 2 heterocycles.